The molecule has 0 nitrogen and oxygen atoms in total. The zero-order valence-electron chi connectivity index (χ0n) is 9.39. The second kappa shape index (κ2) is 3.95. The van der Waals surface area contributed by atoms with Gasteiger partial charge in [-0.2, -0.15) is 0 Å². The molecule has 0 atom stereocenters. The van der Waals surface area contributed by atoms with Crippen molar-refractivity contribution in [1.82, 2.24) is 0 Å². The van der Waals surface area contributed by atoms with Crippen molar-refractivity contribution in [2.45, 2.75) is 46.5 Å². The Balaban J connectivity index is 3.06. The second-order valence-electron chi connectivity index (χ2n) is 4.43. The molecule has 13 heavy (non-hydrogen) atoms. The van der Waals surface area contributed by atoms with Gasteiger partial charge in [0.15, 0.2) is 0 Å². The molecule has 72 valence electrons. The Bertz CT molecular complexity index is 282. The maximum absolute atomic E-state index is 2.32. The van der Waals surface area contributed by atoms with E-state index in [4.69, 9.17) is 0 Å². The molecule has 0 N–H and O–H groups in total. The lowest BCUT2D eigenvalue weighted by Crippen LogP contribution is -1.95. The topological polar surface area (TPSA) is 0 Å². The van der Waals surface area contributed by atoms with Crippen LogP contribution in [-0.2, 0) is 0 Å². The van der Waals surface area contributed by atoms with Gasteiger partial charge < -0.3 is 0 Å². The maximum atomic E-state index is 2.32. The Morgan fingerprint density at radius 2 is 1.54 bits per heavy atom. The molecular weight excluding hydrogens is 156 g/mol. The first kappa shape index (κ1) is 10.3. The highest BCUT2D eigenvalue weighted by Crippen LogP contribution is 2.23. The number of rotatable bonds is 2. The van der Waals surface area contributed by atoms with Gasteiger partial charge in [0.2, 0.25) is 0 Å². The SMILES string of the molecule is Cc1cc(C(C)C)ccc1C(C)C. The van der Waals surface area contributed by atoms with Crippen molar-refractivity contribution in [3.05, 3.63) is 34.9 Å². The molecule has 1 aromatic carbocycles. The molecule has 0 saturated carbocycles. The van der Waals surface area contributed by atoms with Crippen LogP contribution in [0, 0.1) is 6.92 Å². The summed E-state index contributed by atoms with van der Waals surface area (Å²) in [5.74, 6) is 1.28. The molecule has 0 aliphatic carbocycles. The van der Waals surface area contributed by atoms with Gasteiger partial charge in [-0.25, -0.2) is 0 Å². The van der Waals surface area contributed by atoms with E-state index in [1.165, 1.54) is 16.7 Å². The molecule has 0 aliphatic heterocycles. The fourth-order valence-corrected chi connectivity index (χ4v) is 1.71. The Hall–Kier alpha value is -0.780. The maximum Gasteiger partial charge on any atom is -0.0216 e. The number of benzene rings is 1. The van der Waals surface area contributed by atoms with E-state index in [1.54, 1.807) is 0 Å². The minimum Gasteiger partial charge on any atom is -0.0587 e. The average molecular weight is 176 g/mol. The van der Waals surface area contributed by atoms with Crippen LogP contribution in [0.2, 0.25) is 0 Å². The zero-order chi connectivity index (χ0) is 10.0. The van der Waals surface area contributed by atoms with E-state index in [2.05, 4.69) is 52.8 Å². The zero-order valence-corrected chi connectivity index (χ0v) is 9.39. The van der Waals surface area contributed by atoms with Crippen LogP contribution in [0.3, 0.4) is 0 Å². The lowest BCUT2D eigenvalue weighted by atomic mass is 9.93. The Morgan fingerprint density at radius 1 is 0.923 bits per heavy atom. The smallest absolute Gasteiger partial charge is 0.0216 e. The quantitative estimate of drug-likeness (QED) is 0.632. The van der Waals surface area contributed by atoms with E-state index in [0.29, 0.717) is 11.8 Å². The van der Waals surface area contributed by atoms with Crippen molar-refractivity contribution in [2.24, 2.45) is 0 Å². The first-order valence-electron chi connectivity index (χ1n) is 5.12. The third kappa shape index (κ3) is 2.33. The number of aryl methyl sites for hydroxylation is 1. The average Bonchev–Trinajstić information content (AvgIpc) is 2.03. The summed E-state index contributed by atoms with van der Waals surface area (Å²) in [5, 5.41) is 0. The minimum absolute atomic E-state index is 0.639. The van der Waals surface area contributed by atoms with Gasteiger partial charge in [-0.1, -0.05) is 45.9 Å². The highest BCUT2D eigenvalue weighted by atomic mass is 14.1. The summed E-state index contributed by atoms with van der Waals surface area (Å²) >= 11 is 0. The molecule has 1 aromatic rings. The van der Waals surface area contributed by atoms with Crippen molar-refractivity contribution >= 4 is 0 Å². The van der Waals surface area contributed by atoms with Crippen molar-refractivity contribution in [3.8, 4) is 0 Å². The fourth-order valence-electron chi connectivity index (χ4n) is 1.71. The van der Waals surface area contributed by atoms with Crippen LogP contribution < -0.4 is 0 Å². The first-order valence-corrected chi connectivity index (χ1v) is 5.12. The molecule has 0 radical (unpaired) electrons. The van der Waals surface area contributed by atoms with E-state index in [-0.39, 0.29) is 0 Å². The molecule has 0 unspecified atom stereocenters. The molecule has 1 rings (SSSR count). The number of hydrogen-bond acceptors (Lipinski definition) is 0. The summed E-state index contributed by atoms with van der Waals surface area (Å²) in [6.07, 6.45) is 0. The van der Waals surface area contributed by atoms with Gasteiger partial charge in [0, 0.05) is 0 Å². The van der Waals surface area contributed by atoms with E-state index in [1.807, 2.05) is 0 Å². The Kier molecular flexibility index (Phi) is 3.13. The standard InChI is InChI=1S/C13H20/c1-9(2)12-6-7-13(10(3)4)11(5)8-12/h6-10H,1-5H3. The van der Waals surface area contributed by atoms with Crippen LogP contribution in [0.1, 0.15) is 56.2 Å². The van der Waals surface area contributed by atoms with E-state index in [0.717, 1.165) is 0 Å². The predicted molar refractivity (Wildman–Crippen MR) is 59.4 cm³/mol. The Morgan fingerprint density at radius 3 is 1.92 bits per heavy atom. The van der Waals surface area contributed by atoms with Gasteiger partial charge in [0.25, 0.3) is 0 Å². The summed E-state index contributed by atoms with van der Waals surface area (Å²) in [4.78, 5) is 0. The van der Waals surface area contributed by atoms with Gasteiger partial charge in [-0.3, -0.25) is 0 Å². The molecule has 0 aromatic heterocycles. The van der Waals surface area contributed by atoms with Crippen LogP contribution in [0.4, 0.5) is 0 Å². The molecule has 0 spiro atoms. The Labute approximate surface area is 82.0 Å². The summed E-state index contributed by atoms with van der Waals surface area (Å²) in [6.45, 7) is 11.2. The molecule has 0 heteroatoms. The van der Waals surface area contributed by atoms with Crippen molar-refractivity contribution in [2.75, 3.05) is 0 Å². The summed E-state index contributed by atoms with van der Waals surface area (Å²) in [7, 11) is 0. The van der Waals surface area contributed by atoms with E-state index in [9.17, 15) is 0 Å². The van der Waals surface area contributed by atoms with Crippen LogP contribution >= 0.6 is 0 Å². The molecule has 0 amide bonds. The molecular formula is C13H20. The highest BCUT2D eigenvalue weighted by molar-refractivity contribution is 5.34. The third-order valence-electron chi connectivity index (χ3n) is 2.58. The number of hydrogen-bond donors (Lipinski definition) is 0. The van der Waals surface area contributed by atoms with E-state index < -0.39 is 0 Å². The van der Waals surface area contributed by atoms with Gasteiger partial charge in [0.05, 0.1) is 0 Å². The van der Waals surface area contributed by atoms with E-state index >= 15 is 0 Å². The minimum atomic E-state index is 0.639. The van der Waals surface area contributed by atoms with Crippen LogP contribution in [-0.4, -0.2) is 0 Å². The van der Waals surface area contributed by atoms with Crippen LogP contribution in [0.5, 0.6) is 0 Å². The highest BCUT2D eigenvalue weighted by Gasteiger charge is 2.05. The predicted octanol–water partition coefficient (Wildman–Crippen LogP) is 4.24. The van der Waals surface area contributed by atoms with Crippen molar-refractivity contribution in [3.63, 3.8) is 0 Å². The van der Waals surface area contributed by atoms with Crippen molar-refractivity contribution < 1.29 is 0 Å². The molecule has 0 bridgehead atoms. The van der Waals surface area contributed by atoms with Crippen LogP contribution in [0.25, 0.3) is 0 Å². The molecule has 0 heterocycles. The van der Waals surface area contributed by atoms with Crippen LogP contribution in [0.15, 0.2) is 18.2 Å². The largest absolute Gasteiger partial charge is 0.0587 e. The summed E-state index contributed by atoms with van der Waals surface area (Å²) in [5.41, 5.74) is 4.35. The van der Waals surface area contributed by atoms with Gasteiger partial charge >= 0.3 is 0 Å². The molecule has 0 aliphatic rings. The normalized spacial score (nSPS) is 11.3. The fraction of sp³-hybridized carbons (Fsp3) is 0.538. The van der Waals surface area contributed by atoms with Gasteiger partial charge in [0.1, 0.15) is 0 Å². The van der Waals surface area contributed by atoms with Crippen molar-refractivity contribution in [1.29, 1.82) is 0 Å². The monoisotopic (exact) mass is 176 g/mol. The van der Waals surface area contributed by atoms with Gasteiger partial charge in [-0.15, -0.1) is 0 Å². The third-order valence-corrected chi connectivity index (χ3v) is 2.58. The molecule has 0 fully saturated rings. The molecule has 0 saturated heterocycles. The lowest BCUT2D eigenvalue weighted by molar-refractivity contribution is 0.835. The lowest BCUT2D eigenvalue weighted by Gasteiger charge is -2.13. The summed E-state index contributed by atoms with van der Waals surface area (Å²) in [6, 6.07) is 6.85. The van der Waals surface area contributed by atoms with Gasteiger partial charge in [-0.05, 0) is 35.4 Å². The summed E-state index contributed by atoms with van der Waals surface area (Å²) < 4.78 is 0. The first-order chi connectivity index (χ1) is 6.02. The second-order valence-corrected chi connectivity index (χ2v) is 4.43.